The third-order valence-electron chi connectivity index (χ3n) is 3.10. The van der Waals surface area contributed by atoms with Crippen LogP contribution in [-0.2, 0) is 22.8 Å². The van der Waals surface area contributed by atoms with Crippen LogP contribution in [-0.4, -0.2) is 17.1 Å². The molecule has 0 saturated heterocycles. The molecule has 0 amide bonds. The highest BCUT2D eigenvalue weighted by Gasteiger charge is 2.33. The van der Waals surface area contributed by atoms with Crippen molar-refractivity contribution in [2.45, 2.75) is 38.8 Å². The summed E-state index contributed by atoms with van der Waals surface area (Å²) >= 11 is 0. The average molecular weight is 305 g/mol. The van der Waals surface area contributed by atoms with Gasteiger partial charge in [0.25, 0.3) is 5.56 Å². The van der Waals surface area contributed by atoms with Crippen LogP contribution in [0, 0.1) is 0 Å². The Hall–Kier alpha value is -1.79. The van der Waals surface area contributed by atoms with Crippen molar-refractivity contribution in [1.82, 2.24) is 4.57 Å². The maximum Gasteiger partial charge on any atom is 0.417 e. The summed E-state index contributed by atoms with van der Waals surface area (Å²) in [6.07, 6.45) is -2.38. The Labute approximate surface area is 120 Å². The van der Waals surface area contributed by atoms with E-state index in [-0.39, 0.29) is 12.2 Å². The number of nitrogens with zero attached hydrogens (tertiary/aromatic N) is 1. The van der Waals surface area contributed by atoms with Crippen LogP contribution in [0.1, 0.15) is 43.7 Å². The zero-order chi connectivity index (χ0) is 16.2. The molecule has 4 nitrogen and oxygen atoms in total. The molecule has 21 heavy (non-hydrogen) atoms. The van der Waals surface area contributed by atoms with Crippen molar-refractivity contribution >= 4 is 5.97 Å². The fourth-order valence-electron chi connectivity index (χ4n) is 1.77. The largest absolute Gasteiger partial charge is 0.465 e. The van der Waals surface area contributed by atoms with Gasteiger partial charge in [-0.2, -0.15) is 13.2 Å². The number of rotatable bonds is 5. The third-order valence-corrected chi connectivity index (χ3v) is 3.10. The van der Waals surface area contributed by atoms with Gasteiger partial charge >= 0.3 is 12.1 Å². The lowest BCUT2D eigenvalue weighted by Crippen LogP contribution is -2.28. The molecule has 0 aliphatic rings. The molecule has 1 heterocycles. The summed E-state index contributed by atoms with van der Waals surface area (Å²) in [5, 5.41) is 0. The van der Waals surface area contributed by atoms with E-state index in [0.29, 0.717) is 18.7 Å². The maximum absolute atomic E-state index is 12.8. The lowest BCUT2D eigenvalue weighted by atomic mass is 10.0. The normalized spacial score (nSPS) is 13.0. The number of carbonyl (C=O) groups is 1. The summed E-state index contributed by atoms with van der Waals surface area (Å²) in [4.78, 5) is 23.7. The molecule has 0 N–H and O–H groups in total. The van der Waals surface area contributed by atoms with E-state index < -0.39 is 29.2 Å². The number of halogens is 3. The van der Waals surface area contributed by atoms with E-state index >= 15 is 0 Å². The monoisotopic (exact) mass is 305 g/mol. The highest BCUT2D eigenvalue weighted by molar-refractivity contribution is 5.77. The minimum absolute atomic E-state index is 0.193. The van der Waals surface area contributed by atoms with Crippen molar-refractivity contribution < 1.29 is 22.7 Å². The Bertz CT molecular complexity index is 564. The molecule has 1 unspecified atom stereocenters. The first-order valence-corrected chi connectivity index (χ1v) is 6.62. The molecule has 7 heteroatoms. The van der Waals surface area contributed by atoms with Gasteiger partial charge in [0, 0.05) is 18.8 Å². The summed E-state index contributed by atoms with van der Waals surface area (Å²) in [7, 11) is 1.22. The highest BCUT2D eigenvalue weighted by atomic mass is 19.4. The molecule has 0 radical (unpaired) electrons. The molecule has 0 aliphatic carbocycles. The van der Waals surface area contributed by atoms with Crippen LogP contribution in [0.5, 0.6) is 0 Å². The van der Waals surface area contributed by atoms with E-state index in [1.807, 2.05) is 6.92 Å². The molecule has 1 aromatic heterocycles. The third kappa shape index (κ3) is 4.34. The number of pyridine rings is 1. The van der Waals surface area contributed by atoms with Crippen molar-refractivity contribution in [2.75, 3.05) is 6.61 Å². The molecule has 0 fully saturated rings. The average Bonchev–Trinajstić information content (AvgIpc) is 2.39. The van der Waals surface area contributed by atoms with Gasteiger partial charge in [-0.3, -0.25) is 9.59 Å². The zero-order valence-corrected chi connectivity index (χ0v) is 12.2. The fourth-order valence-corrected chi connectivity index (χ4v) is 1.77. The molecule has 0 saturated carbocycles. The van der Waals surface area contributed by atoms with Gasteiger partial charge in [0.05, 0.1) is 18.1 Å². The van der Waals surface area contributed by atoms with Crippen LogP contribution in [0.25, 0.3) is 0 Å². The van der Waals surface area contributed by atoms with Crippen LogP contribution < -0.4 is 5.56 Å². The number of carbonyl (C=O) groups excluding carboxylic acids is 1. The summed E-state index contributed by atoms with van der Waals surface area (Å²) < 4.78 is 44.1. The van der Waals surface area contributed by atoms with Gasteiger partial charge in [-0.15, -0.1) is 0 Å². The highest BCUT2D eigenvalue weighted by Crippen LogP contribution is 2.30. The van der Waals surface area contributed by atoms with Gasteiger partial charge in [0.1, 0.15) is 0 Å². The molecule has 0 aromatic carbocycles. The Morgan fingerprint density at radius 1 is 1.43 bits per heavy atom. The Morgan fingerprint density at radius 2 is 2.05 bits per heavy atom. The smallest absolute Gasteiger partial charge is 0.417 e. The predicted molar refractivity (Wildman–Crippen MR) is 71.0 cm³/mol. The van der Waals surface area contributed by atoms with Gasteiger partial charge in [-0.1, -0.05) is 13.3 Å². The number of hydrogen-bond acceptors (Lipinski definition) is 3. The predicted octanol–water partition coefficient (Wildman–Crippen LogP) is 2.85. The Balaban J connectivity index is 3.09. The number of hydrogen-bond donors (Lipinski definition) is 0. The summed E-state index contributed by atoms with van der Waals surface area (Å²) in [6, 6.07) is 0.716. The first-order chi connectivity index (χ1) is 9.68. The van der Waals surface area contributed by atoms with Crippen LogP contribution >= 0.6 is 0 Å². The number of aromatic nitrogens is 1. The number of alkyl halides is 3. The van der Waals surface area contributed by atoms with Crippen molar-refractivity contribution in [3.8, 4) is 0 Å². The zero-order valence-electron chi connectivity index (χ0n) is 12.2. The Morgan fingerprint density at radius 3 is 2.57 bits per heavy atom. The summed E-state index contributed by atoms with van der Waals surface area (Å²) in [6.45, 7) is 3.48. The standard InChI is InChI=1S/C14H18F3NO3/c1-4-5-6-21-13(20)9(2)11-7-10(14(15,16)17)8-18(3)12(11)19/h7-9H,4-6H2,1-3H3. The Kier molecular flexibility index (Phi) is 5.57. The number of ether oxygens (including phenoxy) is 1. The second-order valence-corrected chi connectivity index (χ2v) is 4.84. The molecule has 1 atom stereocenters. The molecule has 1 aromatic rings. The van der Waals surface area contributed by atoms with E-state index in [1.165, 1.54) is 14.0 Å². The van der Waals surface area contributed by atoms with Crippen molar-refractivity contribution in [2.24, 2.45) is 7.05 Å². The van der Waals surface area contributed by atoms with Crippen molar-refractivity contribution in [1.29, 1.82) is 0 Å². The first kappa shape index (κ1) is 17.3. The lowest BCUT2D eigenvalue weighted by Gasteiger charge is -2.15. The molecule has 0 bridgehead atoms. The molecular weight excluding hydrogens is 287 g/mol. The van der Waals surface area contributed by atoms with E-state index in [4.69, 9.17) is 4.74 Å². The number of unbranched alkanes of at least 4 members (excludes halogenated alkanes) is 1. The SMILES string of the molecule is CCCCOC(=O)C(C)c1cc(C(F)(F)F)cn(C)c1=O. The number of aryl methyl sites for hydroxylation is 1. The number of esters is 1. The van der Waals surface area contributed by atoms with Gasteiger partial charge in [-0.25, -0.2) is 0 Å². The molecule has 0 spiro atoms. The first-order valence-electron chi connectivity index (χ1n) is 6.62. The fraction of sp³-hybridized carbons (Fsp3) is 0.571. The summed E-state index contributed by atoms with van der Waals surface area (Å²) in [5.41, 5.74) is -1.82. The van der Waals surface area contributed by atoms with Crippen LogP contribution in [0.15, 0.2) is 17.1 Å². The molecule has 118 valence electrons. The topological polar surface area (TPSA) is 48.3 Å². The van der Waals surface area contributed by atoms with Crippen molar-refractivity contribution in [3.63, 3.8) is 0 Å². The quantitative estimate of drug-likeness (QED) is 0.621. The minimum atomic E-state index is -4.58. The van der Waals surface area contributed by atoms with Crippen LogP contribution in [0.2, 0.25) is 0 Å². The van der Waals surface area contributed by atoms with E-state index in [0.717, 1.165) is 11.0 Å². The van der Waals surface area contributed by atoms with Gasteiger partial charge < -0.3 is 9.30 Å². The molecule has 1 rings (SSSR count). The second-order valence-electron chi connectivity index (χ2n) is 4.84. The lowest BCUT2D eigenvalue weighted by molar-refractivity contribution is -0.145. The van der Waals surface area contributed by atoms with E-state index in [2.05, 4.69) is 0 Å². The maximum atomic E-state index is 12.8. The van der Waals surface area contributed by atoms with Crippen LogP contribution in [0.3, 0.4) is 0 Å². The molecule has 0 aliphatic heterocycles. The van der Waals surface area contributed by atoms with Gasteiger partial charge in [0.15, 0.2) is 0 Å². The van der Waals surface area contributed by atoms with Crippen molar-refractivity contribution in [3.05, 3.63) is 33.7 Å². The van der Waals surface area contributed by atoms with E-state index in [9.17, 15) is 22.8 Å². The van der Waals surface area contributed by atoms with Crippen LogP contribution in [0.4, 0.5) is 13.2 Å². The molecular formula is C14H18F3NO3. The summed E-state index contributed by atoms with van der Waals surface area (Å²) in [5.74, 6) is -1.73. The minimum Gasteiger partial charge on any atom is -0.465 e. The van der Waals surface area contributed by atoms with E-state index in [1.54, 1.807) is 0 Å². The van der Waals surface area contributed by atoms with Gasteiger partial charge in [0.2, 0.25) is 0 Å². The second kappa shape index (κ2) is 6.78. The van der Waals surface area contributed by atoms with Gasteiger partial charge in [-0.05, 0) is 19.4 Å².